The third-order valence-corrected chi connectivity index (χ3v) is 21.8. The number of fused-ring (bicyclic) bond motifs is 3. The summed E-state index contributed by atoms with van der Waals surface area (Å²) in [4.78, 5) is 48.2. The first kappa shape index (κ1) is 74.4. The Labute approximate surface area is 575 Å². The molecule has 526 valence electrons. The number of piperazine rings is 1. The lowest BCUT2D eigenvalue weighted by Crippen LogP contribution is -2.56. The number of ether oxygens (including phenoxy) is 4. The molecule has 1 saturated heterocycles. The fourth-order valence-corrected chi connectivity index (χ4v) is 15.5. The van der Waals surface area contributed by atoms with Gasteiger partial charge in [0.05, 0.1) is 41.2 Å². The molecule has 98 heavy (non-hydrogen) atoms. The first-order valence-corrected chi connectivity index (χ1v) is 38.5. The predicted octanol–water partition coefficient (Wildman–Crippen LogP) is 8.46. The van der Waals surface area contributed by atoms with E-state index < -0.39 is 73.6 Å². The summed E-state index contributed by atoms with van der Waals surface area (Å²) in [5, 5.41) is 14.2. The minimum absolute atomic E-state index is 0.0326. The van der Waals surface area contributed by atoms with Crippen molar-refractivity contribution in [2.45, 2.75) is 96.8 Å². The Morgan fingerprint density at radius 3 is 2.03 bits per heavy atom. The van der Waals surface area contributed by atoms with Gasteiger partial charge in [-0.1, -0.05) is 95.7 Å². The number of pyridine rings is 1. The van der Waals surface area contributed by atoms with E-state index in [4.69, 9.17) is 39.6 Å². The summed E-state index contributed by atoms with van der Waals surface area (Å²) >= 11 is 6.89. The van der Waals surface area contributed by atoms with Crippen molar-refractivity contribution >= 4 is 67.4 Å². The van der Waals surface area contributed by atoms with Crippen molar-refractivity contribution < 1.29 is 81.3 Å². The second-order valence-corrected chi connectivity index (χ2v) is 30.9. The van der Waals surface area contributed by atoms with Crippen LogP contribution >= 0.6 is 19.2 Å². The molecule has 0 bridgehead atoms. The van der Waals surface area contributed by atoms with Crippen LogP contribution in [0.15, 0.2) is 127 Å². The Kier molecular flexibility index (Phi) is 24.9. The van der Waals surface area contributed by atoms with E-state index in [0.717, 1.165) is 56.3 Å². The molecule has 3 heterocycles. The third kappa shape index (κ3) is 19.3. The number of nitrogens with one attached hydrogen (secondary N) is 2. The number of hydrogen-bond acceptors (Lipinski definition) is 21. The highest BCUT2D eigenvalue weighted by atomic mass is 35.5. The molecule has 1 aliphatic heterocycles. The van der Waals surface area contributed by atoms with Crippen LogP contribution in [-0.4, -0.2) is 176 Å². The van der Waals surface area contributed by atoms with Crippen LogP contribution in [-0.2, 0) is 91.1 Å². The zero-order chi connectivity index (χ0) is 70.5. The van der Waals surface area contributed by atoms with E-state index in [1.165, 1.54) is 42.4 Å². The lowest BCUT2D eigenvalue weighted by molar-refractivity contribution is -0.136. The van der Waals surface area contributed by atoms with Crippen molar-refractivity contribution in [1.82, 2.24) is 44.7 Å². The van der Waals surface area contributed by atoms with Crippen LogP contribution in [0.2, 0.25) is 5.02 Å². The number of carbonyl (C=O) groups excluding carboxylic acids is 3. The van der Waals surface area contributed by atoms with Gasteiger partial charge in [0.2, 0.25) is 11.8 Å². The van der Waals surface area contributed by atoms with E-state index in [1.54, 1.807) is 18.5 Å². The minimum atomic E-state index is -5.19. The number of amides is 3. The van der Waals surface area contributed by atoms with Gasteiger partial charge in [-0.2, -0.15) is 21.1 Å². The fraction of sp³-hybridized carbons (Fsp3) is 0.394. The van der Waals surface area contributed by atoms with E-state index in [1.807, 2.05) is 105 Å². The number of aryl methyl sites for hydroxylation is 1. The summed E-state index contributed by atoms with van der Waals surface area (Å²) in [6.45, 7) is 10.6. The highest BCUT2D eigenvalue weighted by Crippen LogP contribution is 2.48. The second kappa shape index (κ2) is 32.9. The average Bonchev–Trinajstić information content (AvgIpc) is 1.60. The van der Waals surface area contributed by atoms with Crippen molar-refractivity contribution in [2.24, 2.45) is 0 Å². The minimum Gasteiger partial charge on any atom is -0.488 e. The maximum absolute atomic E-state index is 13.7. The molecule has 0 unspecified atom stereocenters. The molecule has 0 radical (unpaired) electrons. The van der Waals surface area contributed by atoms with Crippen molar-refractivity contribution in [3.63, 3.8) is 0 Å². The molecule has 1 aliphatic carbocycles. The van der Waals surface area contributed by atoms with E-state index >= 15 is 0 Å². The van der Waals surface area contributed by atoms with Gasteiger partial charge in [0.1, 0.15) is 61.5 Å². The van der Waals surface area contributed by atoms with Gasteiger partial charge < -0.3 is 43.5 Å². The standard InChI is InChI=1S/C66H79ClN9O18PS3/c1-7-93-95(80,94-8-2)31-24-69-64(77)60(43-97(83,84)85)70-36-49-33-59(67)63(34-62(49)89-39-47-32-51(37-68-35-47)96(6,81)82)90-40-48-16-13-21-52(44(48)3)53-22-14-23-61(45(53)4)91-41-50-38-75(72-71-50)26-15-25-73-27-29-74(30-28-73)65(78)46(5)76(98(86,87)88)66(79)92-42-58-56-19-11-9-17-54(56)55-18-10-12-20-57(55)58/h9-14,16-23,32-35,37-38,46,58,60,70H,7-8,15,24-31,36,39-43H2,1-6H3,(H,69,77)(H,83,84,85)(H,86,87,88)/t46-,60+/m1/s1. The third-order valence-electron chi connectivity index (χ3n) is 16.7. The smallest absolute Gasteiger partial charge is 0.426 e. The quantitative estimate of drug-likeness (QED) is 0.0221. The number of sulfone groups is 1. The number of nitrogens with zero attached hydrogens (tertiary/aromatic N) is 7. The van der Waals surface area contributed by atoms with E-state index in [-0.39, 0.29) is 104 Å². The molecule has 4 N–H and O–H groups in total. The zero-order valence-electron chi connectivity index (χ0n) is 54.9. The van der Waals surface area contributed by atoms with Gasteiger partial charge >= 0.3 is 24.0 Å². The van der Waals surface area contributed by atoms with Gasteiger partial charge in [-0.05, 0) is 109 Å². The normalized spacial score (nSPS) is 14.3. The number of benzene rings is 5. The van der Waals surface area contributed by atoms with Crippen LogP contribution in [0, 0.1) is 13.8 Å². The van der Waals surface area contributed by atoms with Gasteiger partial charge in [0, 0.05) is 94.1 Å². The Morgan fingerprint density at radius 2 is 1.38 bits per heavy atom. The Balaban J connectivity index is 0.780. The summed E-state index contributed by atoms with van der Waals surface area (Å²) < 4.78 is 144. The van der Waals surface area contributed by atoms with Crippen LogP contribution in [0.25, 0.3) is 22.3 Å². The van der Waals surface area contributed by atoms with Crippen molar-refractivity contribution in [1.29, 1.82) is 0 Å². The highest BCUT2D eigenvalue weighted by molar-refractivity contribution is 7.90. The maximum Gasteiger partial charge on any atom is 0.426 e. The molecular formula is C66H79ClN9O18PS3. The largest absolute Gasteiger partial charge is 0.488 e. The average molecular weight is 1450 g/mol. The molecule has 0 spiro atoms. The topological polar surface area (TPSA) is 344 Å². The van der Waals surface area contributed by atoms with Crippen LogP contribution in [0.4, 0.5) is 4.79 Å². The Morgan fingerprint density at radius 1 is 0.745 bits per heavy atom. The fourth-order valence-electron chi connectivity index (χ4n) is 11.7. The molecule has 5 aromatic carbocycles. The molecule has 2 aromatic heterocycles. The first-order valence-electron chi connectivity index (χ1n) is 31.5. The molecular weight excluding hydrogens is 1370 g/mol. The lowest BCUT2D eigenvalue weighted by atomic mass is 9.93. The van der Waals surface area contributed by atoms with Crippen LogP contribution in [0.5, 0.6) is 17.2 Å². The monoisotopic (exact) mass is 1450 g/mol. The predicted molar refractivity (Wildman–Crippen MR) is 365 cm³/mol. The first-order chi connectivity index (χ1) is 46.6. The van der Waals surface area contributed by atoms with Crippen LogP contribution < -0.4 is 24.8 Å². The maximum atomic E-state index is 13.7. The molecule has 2 atom stereocenters. The summed E-state index contributed by atoms with van der Waals surface area (Å²) in [7, 11) is -17.1. The van der Waals surface area contributed by atoms with Gasteiger partial charge in [-0.3, -0.25) is 37.8 Å². The van der Waals surface area contributed by atoms with Gasteiger partial charge in [0.15, 0.2) is 9.84 Å². The summed E-state index contributed by atoms with van der Waals surface area (Å²) in [5.74, 6) is -1.93. The zero-order valence-corrected chi connectivity index (χ0v) is 59.0. The number of aromatic nitrogens is 4. The molecule has 27 nitrogen and oxygen atoms in total. The molecule has 0 saturated carbocycles. The summed E-state index contributed by atoms with van der Waals surface area (Å²) in [5.41, 5.74) is 9.46. The van der Waals surface area contributed by atoms with Gasteiger partial charge in [-0.15, -0.1) is 5.10 Å². The summed E-state index contributed by atoms with van der Waals surface area (Å²) in [6, 6.07) is 28.2. The number of rotatable bonds is 33. The van der Waals surface area contributed by atoms with Gasteiger partial charge in [0.25, 0.3) is 10.1 Å². The molecule has 32 heteroatoms. The molecule has 1 fully saturated rings. The highest BCUT2D eigenvalue weighted by Gasteiger charge is 2.40. The van der Waals surface area contributed by atoms with Crippen molar-refractivity contribution in [2.75, 3.05) is 77.3 Å². The van der Waals surface area contributed by atoms with Gasteiger partial charge in [-0.25, -0.2) is 13.2 Å². The molecule has 2 aliphatic rings. The summed E-state index contributed by atoms with van der Waals surface area (Å²) in [6.07, 6.45) is 4.64. The molecule has 3 amide bonds. The van der Waals surface area contributed by atoms with E-state index in [9.17, 15) is 53.3 Å². The second-order valence-electron chi connectivity index (χ2n) is 23.5. The molecule has 7 aromatic rings. The Bertz CT molecular complexity index is 4370. The van der Waals surface area contributed by atoms with Crippen LogP contribution in [0.3, 0.4) is 0 Å². The van der Waals surface area contributed by atoms with Crippen LogP contribution in [0.1, 0.15) is 77.7 Å². The van der Waals surface area contributed by atoms with E-state index in [0.29, 0.717) is 55.2 Å². The number of halogens is 1. The Hall–Kier alpha value is -7.87. The number of hydrogen-bond donors (Lipinski definition) is 4. The lowest BCUT2D eigenvalue weighted by Gasteiger charge is -2.37. The molecule has 9 rings (SSSR count). The number of carbonyl (C=O) groups is 3. The van der Waals surface area contributed by atoms with Crippen molar-refractivity contribution in [3.8, 4) is 39.5 Å². The SMILES string of the molecule is CCOP(=O)(CCNC(=O)[C@H](CS(=O)(=O)O)NCc1cc(Cl)c(OCc2cccc(-c3cccc(OCc4cn(CCCN5CCN(C(=O)[C@@H](C)N(C(=O)OCC6c7ccccc7-c7ccccc76)S(=O)(=O)O)CC5)nn4)c3C)c2C)cc1OCc1cncc(S(C)(=O)=O)c1)OCC. The van der Waals surface area contributed by atoms with E-state index in [2.05, 4.69) is 30.8 Å². The van der Waals surface area contributed by atoms with Crippen molar-refractivity contribution in [3.05, 3.63) is 171 Å².